The number of methoxy groups -OCH3 is 1. The van der Waals surface area contributed by atoms with Gasteiger partial charge in [0.05, 0.1) is 24.3 Å². The van der Waals surface area contributed by atoms with Gasteiger partial charge in [-0.25, -0.2) is 10.2 Å². The highest BCUT2D eigenvalue weighted by Gasteiger charge is 2.09. The standard InChI is InChI=1S/C9H10N4O4/c1-17-8-3-6(5-11-12-9(10)14)2-7(4-8)13(15)16/h2-5H,1H3,(H3,10,12,14). The first-order valence-electron chi connectivity index (χ1n) is 4.45. The van der Waals surface area contributed by atoms with E-state index in [1.165, 1.54) is 31.5 Å². The van der Waals surface area contributed by atoms with Crippen LogP contribution < -0.4 is 15.9 Å². The number of nitro groups is 1. The zero-order chi connectivity index (χ0) is 12.8. The van der Waals surface area contributed by atoms with Crippen LogP contribution in [-0.2, 0) is 0 Å². The molecule has 3 N–H and O–H groups in total. The Hall–Kier alpha value is -2.64. The number of nitrogens with two attached hydrogens (primary N) is 1. The molecular formula is C9H10N4O4. The quantitative estimate of drug-likeness (QED) is 0.453. The molecule has 0 heterocycles. The minimum atomic E-state index is -0.821. The largest absolute Gasteiger partial charge is 0.496 e. The number of amides is 2. The van der Waals surface area contributed by atoms with Crippen LogP contribution in [0.5, 0.6) is 5.75 Å². The molecule has 0 aliphatic heterocycles. The van der Waals surface area contributed by atoms with E-state index in [4.69, 9.17) is 10.5 Å². The van der Waals surface area contributed by atoms with Crippen LogP contribution in [0.1, 0.15) is 5.56 Å². The SMILES string of the molecule is COc1cc(C=NNC(N)=O)cc([N+](=O)[O-])c1. The number of non-ortho nitro benzene ring substituents is 1. The summed E-state index contributed by atoms with van der Waals surface area (Å²) in [7, 11) is 1.39. The molecule has 1 rings (SSSR count). The number of nitrogens with zero attached hydrogens (tertiary/aromatic N) is 2. The third-order valence-electron chi connectivity index (χ3n) is 1.75. The van der Waals surface area contributed by atoms with Crippen LogP contribution in [0.3, 0.4) is 0 Å². The van der Waals surface area contributed by atoms with E-state index >= 15 is 0 Å². The summed E-state index contributed by atoms with van der Waals surface area (Å²) in [5.74, 6) is 0.319. The minimum absolute atomic E-state index is 0.134. The highest BCUT2D eigenvalue weighted by Crippen LogP contribution is 2.21. The first kappa shape index (κ1) is 12.4. The van der Waals surface area contributed by atoms with Crippen LogP contribution in [0, 0.1) is 10.1 Å². The first-order chi connectivity index (χ1) is 8.02. The van der Waals surface area contributed by atoms with Gasteiger partial charge in [0.25, 0.3) is 5.69 Å². The maximum absolute atomic E-state index is 10.6. The van der Waals surface area contributed by atoms with E-state index in [-0.39, 0.29) is 5.69 Å². The number of primary amides is 1. The average molecular weight is 238 g/mol. The minimum Gasteiger partial charge on any atom is -0.496 e. The van der Waals surface area contributed by atoms with E-state index in [0.29, 0.717) is 11.3 Å². The van der Waals surface area contributed by atoms with Crippen LogP contribution in [-0.4, -0.2) is 24.3 Å². The Labute approximate surface area is 96.2 Å². The lowest BCUT2D eigenvalue weighted by atomic mass is 10.2. The van der Waals surface area contributed by atoms with Crippen LogP contribution in [0.25, 0.3) is 0 Å². The molecule has 0 aromatic heterocycles. The highest BCUT2D eigenvalue weighted by atomic mass is 16.6. The Kier molecular flexibility index (Phi) is 3.98. The second-order valence-electron chi connectivity index (χ2n) is 2.96. The molecule has 0 bridgehead atoms. The maximum atomic E-state index is 10.6. The van der Waals surface area contributed by atoms with Crippen molar-refractivity contribution in [1.29, 1.82) is 0 Å². The summed E-state index contributed by atoms with van der Waals surface area (Å²) in [5, 5.41) is 14.1. The van der Waals surface area contributed by atoms with Crippen LogP contribution in [0.2, 0.25) is 0 Å². The van der Waals surface area contributed by atoms with Gasteiger partial charge in [0.1, 0.15) is 5.75 Å². The predicted octanol–water partition coefficient (Wildman–Crippen LogP) is 0.606. The van der Waals surface area contributed by atoms with Crippen molar-refractivity contribution in [2.75, 3.05) is 7.11 Å². The number of hydrogen-bond donors (Lipinski definition) is 2. The van der Waals surface area contributed by atoms with E-state index in [2.05, 4.69) is 5.10 Å². The van der Waals surface area contributed by atoms with Crippen LogP contribution >= 0.6 is 0 Å². The van der Waals surface area contributed by atoms with Gasteiger partial charge in [0.15, 0.2) is 0 Å². The first-order valence-corrected chi connectivity index (χ1v) is 4.45. The molecule has 1 aromatic rings. The highest BCUT2D eigenvalue weighted by molar-refractivity contribution is 5.83. The smallest absolute Gasteiger partial charge is 0.332 e. The molecule has 8 nitrogen and oxygen atoms in total. The lowest BCUT2D eigenvalue weighted by Gasteiger charge is -2.01. The molecule has 17 heavy (non-hydrogen) atoms. The molecule has 0 aliphatic rings. The summed E-state index contributed by atoms with van der Waals surface area (Å²) < 4.78 is 4.89. The van der Waals surface area contributed by atoms with E-state index in [0.717, 1.165) is 0 Å². The zero-order valence-corrected chi connectivity index (χ0v) is 8.91. The van der Waals surface area contributed by atoms with Crippen molar-refractivity contribution in [2.45, 2.75) is 0 Å². The molecule has 0 saturated heterocycles. The van der Waals surface area contributed by atoms with Gasteiger partial charge in [-0.15, -0.1) is 0 Å². The van der Waals surface area contributed by atoms with Gasteiger partial charge in [0, 0.05) is 11.6 Å². The van der Waals surface area contributed by atoms with E-state index < -0.39 is 11.0 Å². The van der Waals surface area contributed by atoms with Gasteiger partial charge in [-0.05, 0) is 6.07 Å². The third-order valence-corrected chi connectivity index (χ3v) is 1.75. The number of carbonyl (C=O) groups is 1. The maximum Gasteiger partial charge on any atom is 0.332 e. The van der Waals surface area contributed by atoms with Gasteiger partial charge in [-0.2, -0.15) is 5.10 Å². The van der Waals surface area contributed by atoms with Crippen molar-refractivity contribution in [3.05, 3.63) is 33.9 Å². The monoisotopic (exact) mass is 238 g/mol. The number of hydrazone groups is 1. The molecule has 2 amide bonds. The Morgan fingerprint density at radius 3 is 2.82 bits per heavy atom. The topological polar surface area (TPSA) is 120 Å². The molecule has 0 aliphatic carbocycles. The van der Waals surface area contributed by atoms with Gasteiger partial charge < -0.3 is 10.5 Å². The summed E-state index contributed by atoms with van der Waals surface area (Å²) in [6.45, 7) is 0. The zero-order valence-electron chi connectivity index (χ0n) is 8.91. The van der Waals surface area contributed by atoms with Gasteiger partial charge in [-0.1, -0.05) is 0 Å². The van der Waals surface area contributed by atoms with Crippen molar-refractivity contribution >= 4 is 17.9 Å². The molecule has 0 unspecified atom stereocenters. The summed E-state index contributed by atoms with van der Waals surface area (Å²) >= 11 is 0. The van der Waals surface area contributed by atoms with Crippen molar-refractivity contribution in [3.8, 4) is 5.75 Å². The van der Waals surface area contributed by atoms with E-state index in [1.807, 2.05) is 5.43 Å². The second-order valence-corrected chi connectivity index (χ2v) is 2.96. The lowest BCUT2D eigenvalue weighted by Crippen LogP contribution is -2.24. The number of benzene rings is 1. The Bertz CT molecular complexity index is 472. The van der Waals surface area contributed by atoms with Gasteiger partial charge in [-0.3, -0.25) is 10.1 Å². The van der Waals surface area contributed by atoms with Gasteiger partial charge in [0.2, 0.25) is 0 Å². The van der Waals surface area contributed by atoms with Gasteiger partial charge >= 0.3 is 6.03 Å². The molecule has 1 aromatic carbocycles. The van der Waals surface area contributed by atoms with Crippen LogP contribution in [0.4, 0.5) is 10.5 Å². The fourth-order valence-electron chi connectivity index (χ4n) is 1.07. The van der Waals surface area contributed by atoms with Crippen molar-refractivity contribution in [1.82, 2.24) is 5.43 Å². The summed E-state index contributed by atoms with van der Waals surface area (Å²) in [6, 6.07) is 3.27. The molecule has 0 saturated carbocycles. The predicted molar refractivity (Wildman–Crippen MR) is 60.0 cm³/mol. The third kappa shape index (κ3) is 3.78. The molecule has 90 valence electrons. The fraction of sp³-hybridized carbons (Fsp3) is 0.111. The number of hydrogen-bond acceptors (Lipinski definition) is 5. The Morgan fingerprint density at radius 1 is 1.59 bits per heavy atom. The van der Waals surface area contributed by atoms with Crippen molar-refractivity contribution in [3.63, 3.8) is 0 Å². The number of carbonyl (C=O) groups excluding carboxylic acids is 1. The van der Waals surface area contributed by atoms with Crippen molar-refractivity contribution < 1.29 is 14.5 Å². The molecule has 0 fully saturated rings. The molecule has 0 atom stereocenters. The second kappa shape index (κ2) is 5.45. The summed E-state index contributed by atoms with van der Waals surface area (Å²) in [4.78, 5) is 20.4. The Balaban J connectivity index is 2.98. The van der Waals surface area contributed by atoms with E-state index in [1.54, 1.807) is 0 Å². The number of rotatable bonds is 4. The van der Waals surface area contributed by atoms with Crippen LogP contribution in [0.15, 0.2) is 23.3 Å². The molecule has 0 spiro atoms. The molecule has 0 radical (unpaired) electrons. The fourth-order valence-corrected chi connectivity index (χ4v) is 1.07. The number of urea groups is 1. The number of nitro benzene ring substituents is 1. The summed E-state index contributed by atoms with van der Waals surface area (Å²) in [6.07, 6.45) is 1.22. The van der Waals surface area contributed by atoms with E-state index in [9.17, 15) is 14.9 Å². The number of nitrogens with one attached hydrogen (secondary N) is 1. The lowest BCUT2D eigenvalue weighted by molar-refractivity contribution is -0.384. The summed E-state index contributed by atoms with van der Waals surface area (Å²) in [5.41, 5.74) is 7.04. The average Bonchev–Trinajstić information content (AvgIpc) is 2.28. The normalized spacial score (nSPS) is 10.2. The molecular weight excluding hydrogens is 228 g/mol. The number of ether oxygens (including phenoxy) is 1. The Morgan fingerprint density at radius 2 is 2.29 bits per heavy atom. The molecule has 8 heteroatoms. The van der Waals surface area contributed by atoms with Crippen molar-refractivity contribution in [2.24, 2.45) is 10.8 Å².